The normalized spacial score (nSPS) is 10.1. The zero-order valence-electron chi connectivity index (χ0n) is 11.2. The summed E-state index contributed by atoms with van der Waals surface area (Å²) in [6, 6.07) is 18.9. The molecule has 2 heterocycles. The number of hydrogen-bond acceptors (Lipinski definition) is 2. The summed E-state index contributed by atoms with van der Waals surface area (Å²) in [7, 11) is 0. The zero-order chi connectivity index (χ0) is 13.5. The monoisotopic (exact) mass is 286 g/mol. The lowest BCUT2D eigenvalue weighted by molar-refractivity contribution is 0.890. The van der Waals surface area contributed by atoms with Gasteiger partial charge in [0, 0.05) is 9.75 Å². The van der Waals surface area contributed by atoms with E-state index in [1.165, 1.54) is 15.3 Å². The van der Waals surface area contributed by atoms with Gasteiger partial charge in [0.25, 0.3) is 0 Å². The molecule has 0 aliphatic carbocycles. The van der Waals surface area contributed by atoms with Crippen LogP contribution in [0.1, 0.15) is 24.6 Å². The minimum atomic E-state index is 0.704. The Kier molecular flexibility index (Phi) is 5.37. The highest BCUT2D eigenvalue weighted by molar-refractivity contribution is 7.13. The Hall–Kier alpha value is -1.38. The molecule has 0 nitrogen and oxygen atoms in total. The van der Waals surface area contributed by atoms with Gasteiger partial charge in [0.05, 0.1) is 0 Å². The lowest BCUT2D eigenvalue weighted by Crippen LogP contribution is -1.77. The third kappa shape index (κ3) is 4.34. The van der Waals surface area contributed by atoms with Crippen molar-refractivity contribution in [1.82, 2.24) is 0 Å². The van der Waals surface area contributed by atoms with Gasteiger partial charge in [0.2, 0.25) is 0 Å². The lowest BCUT2D eigenvalue weighted by Gasteiger charge is -1.95. The highest BCUT2D eigenvalue weighted by Gasteiger charge is 1.96. The third-order valence-corrected chi connectivity index (χ3v) is 4.78. The zero-order valence-corrected chi connectivity index (χ0v) is 12.9. The van der Waals surface area contributed by atoms with Crippen LogP contribution >= 0.6 is 22.7 Å². The van der Waals surface area contributed by atoms with Crippen molar-refractivity contribution in [3.63, 3.8) is 0 Å². The van der Waals surface area contributed by atoms with Crippen LogP contribution in [0, 0.1) is 0 Å². The number of thiophene rings is 2. The number of benzene rings is 1. The van der Waals surface area contributed by atoms with Crippen molar-refractivity contribution >= 4 is 22.7 Å². The molecule has 0 unspecified atom stereocenters. The van der Waals surface area contributed by atoms with Crippen molar-refractivity contribution in [2.75, 3.05) is 0 Å². The van der Waals surface area contributed by atoms with Gasteiger partial charge in [-0.3, -0.25) is 0 Å². The average Bonchev–Trinajstić information content (AvgIpc) is 3.14. The van der Waals surface area contributed by atoms with Crippen molar-refractivity contribution in [2.24, 2.45) is 0 Å². The second-order valence-electron chi connectivity index (χ2n) is 4.51. The standard InChI is InChI=1S/C10H8S.C7H10S/c1-2-5-9(6-3-1)10-7-4-8-11-10;1-6(2)7-4-3-5-8-7/h1-8H;3-6H,1-2H3. The summed E-state index contributed by atoms with van der Waals surface area (Å²) < 4.78 is 0. The van der Waals surface area contributed by atoms with Gasteiger partial charge in [-0.05, 0) is 34.4 Å². The molecule has 0 aliphatic rings. The Labute approximate surface area is 123 Å². The predicted octanol–water partition coefficient (Wildman–Crippen LogP) is 6.29. The molecule has 0 fully saturated rings. The summed E-state index contributed by atoms with van der Waals surface area (Å²) in [6.07, 6.45) is 0. The van der Waals surface area contributed by atoms with Crippen LogP contribution in [0.3, 0.4) is 0 Å². The Morgan fingerprint density at radius 3 is 1.89 bits per heavy atom. The first kappa shape index (κ1) is 14.0. The molecule has 2 aromatic heterocycles. The van der Waals surface area contributed by atoms with Crippen molar-refractivity contribution < 1.29 is 0 Å². The predicted molar refractivity (Wildman–Crippen MR) is 88.2 cm³/mol. The molecule has 98 valence electrons. The van der Waals surface area contributed by atoms with E-state index in [0.29, 0.717) is 5.92 Å². The summed E-state index contributed by atoms with van der Waals surface area (Å²) in [5.74, 6) is 0.704. The second-order valence-corrected chi connectivity index (χ2v) is 6.44. The first-order valence-electron chi connectivity index (χ1n) is 6.39. The van der Waals surface area contributed by atoms with Crippen LogP contribution in [0.15, 0.2) is 65.4 Å². The summed E-state index contributed by atoms with van der Waals surface area (Å²) in [5, 5.41) is 4.22. The Bertz CT molecular complexity index is 549. The van der Waals surface area contributed by atoms with Gasteiger partial charge in [-0.1, -0.05) is 56.3 Å². The fourth-order valence-electron chi connectivity index (χ4n) is 1.67. The van der Waals surface area contributed by atoms with Crippen molar-refractivity contribution in [3.8, 4) is 10.4 Å². The van der Waals surface area contributed by atoms with Crippen LogP contribution in [-0.2, 0) is 0 Å². The van der Waals surface area contributed by atoms with Gasteiger partial charge in [-0.15, -0.1) is 22.7 Å². The third-order valence-electron chi connectivity index (χ3n) is 2.69. The van der Waals surface area contributed by atoms with Crippen LogP contribution in [0.4, 0.5) is 0 Å². The van der Waals surface area contributed by atoms with E-state index in [4.69, 9.17) is 0 Å². The topological polar surface area (TPSA) is 0 Å². The Morgan fingerprint density at radius 2 is 1.42 bits per heavy atom. The number of hydrogen-bond donors (Lipinski definition) is 0. The molecular formula is C17H18S2. The SMILES string of the molecule is CC(C)c1cccs1.c1ccc(-c2cccs2)cc1. The molecule has 0 aliphatic heterocycles. The van der Waals surface area contributed by atoms with E-state index < -0.39 is 0 Å². The lowest BCUT2D eigenvalue weighted by atomic mass is 10.2. The van der Waals surface area contributed by atoms with E-state index in [9.17, 15) is 0 Å². The first-order valence-corrected chi connectivity index (χ1v) is 8.15. The molecule has 3 aromatic rings. The van der Waals surface area contributed by atoms with Crippen molar-refractivity contribution in [2.45, 2.75) is 19.8 Å². The van der Waals surface area contributed by atoms with Gasteiger partial charge < -0.3 is 0 Å². The Morgan fingerprint density at radius 1 is 0.737 bits per heavy atom. The highest BCUT2D eigenvalue weighted by atomic mass is 32.1. The van der Waals surface area contributed by atoms with E-state index in [0.717, 1.165) is 0 Å². The highest BCUT2D eigenvalue weighted by Crippen LogP contribution is 2.23. The molecule has 19 heavy (non-hydrogen) atoms. The molecule has 0 saturated heterocycles. The smallest absolute Gasteiger partial charge is 0.0342 e. The molecule has 1 aromatic carbocycles. The summed E-state index contributed by atoms with van der Waals surface area (Å²) in [6.45, 7) is 4.43. The van der Waals surface area contributed by atoms with E-state index in [-0.39, 0.29) is 0 Å². The van der Waals surface area contributed by atoms with Crippen LogP contribution in [-0.4, -0.2) is 0 Å². The molecule has 0 radical (unpaired) electrons. The van der Waals surface area contributed by atoms with Crippen LogP contribution in [0.2, 0.25) is 0 Å². The van der Waals surface area contributed by atoms with Crippen LogP contribution in [0.25, 0.3) is 10.4 Å². The van der Waals surface area contributed by atoms with Gasteiger partial charge in [-0.2, -0.15) is 0 Å². The fourth-order valence-corrected chi connectivity index (χ4v) is 3.14. The van der Waals surface area contributed by atoms with E-state index in [2.05, 4.69) is 73.1 Å². The molecule has 0 spiro atoms. The first-order chi connectivity index (χ1) is 9.27. The van der Waals surface area contributed by atoms with Crippen LogP contribution < -0.4 is 0 Å². The molecule has 0 atom stereocenters. The van der Waals surface area contributed by atoms with Crippen LogP contribution in [0.5, 0.6) is 0 Å². The van der Waals surface area contributed by atoms with E-state index in [1.807, 2.05) is 17.4 Å². The van der Waals surface area contributed by atoms with Gasteiger partial charge in [0.15, 0.2) is 0 Å². The maximum atomic E-state index is 2.21. The van der Waals surface area contributed by atoms with E-state index >= 15 is 0 Å². The minimum absolute atomic E-state index is 0.704. The molecule has 3 rings (SSSR count). The maximum Gasteiger partial charge on any atom is 0.0342 e. The fraction of sp³-hybridized carbons (Fsp3) is 0.176. The van der Waals surface area contributed by atoms with Crippen molar-refractivity contribution in [3.05, 3.63) is 70.2 Å². The minimum Gasteiger partial charge on any atom is -0.149 e. The molecule has 0 saturated carbocycles. The molecule has 0 N–H and O–H groups in total. The van der Waals surface area contributed by atoms with Gasteiger partial charge in [-0.25, -0.2) is 0 Å². The largest absolute Gasteiger partial charge is 0.149 e. The van der Waals surface area contributed by atoms with E-state index in [1.54, 1.807) is 11.3 Å². The average molecular weight is 286 g/mol. The number of rotatable bonds is 2. The van der Waals surface area contributed by atoms with Crippen molar-refractivity contribution in [1.29, 1.82) is 0 Å². The molecular weight excluding hydrogens is 268 g/mol. The summed E-state index contributed by atoms with van der Waals surface area (Å²) in [5.41, 5.74) is 1.31. The molecule has 2 heteroatoms. The van der Waals surface area contributed by atoms with Gasteiger partial charge in [0.1, 0.15) is 0 Å². The quantitative estimate of drug-likeness (QED) is 0.519. The molecule has 0 amide bonds. The second kappa shape index (κ2) is 7.27. The summed E-state index contributed by atoms with van der Waals surface area (Å²) in [4.78, 5) is 2.82. The molecule has 0 bridgehead atoms. The summed E-state index contributed by atoms with van der Waals surface area (Å²) >= 11 is 3.61. The maximum absolute atomic E-state index is 2.21. The van der Waals surface area contributed by atoms with Gasteiger partial charge >= 0.3 is 0 Å². The Balaban J connectivity index is 0.000000148.